The molecule has 11 rings (SSSR count). The number of hydrogen-bond acceptors (Lipinski definition) is 5. The molecule has 0 saturated heterocycles. The summed E-state index contributed by atoms with van der Waals surface area (Å²) >= 11 is 2.25. The highest BCUT2D eigenvalue weighted by Crippen LogP contribution is 2.44. The molecule has 238 valence electrons. The van der Waals surface area contributed by atoms with Crippen molar-refractivity contribution in [1.82, 2.24) is 9.97 Å². The van der Waals surface area contributed by atoms with E-state index in [4.69, 9.17) is 22.2 Å². The number of rotatable bonds is 4. The lowest BCUT2D eigenvalue weighted by molar-refractivity contribution is 0.668. The van der Waals surface area contributed by atoms with E-state index in [1.807, 2.05) is 48.5 Å². The van der Waals surface area contributed by atoms with Gasteiger partial charge < -0.3 is 4.42 Å². The van der Waals surface area contributed by atoms with Crippen molar-refractivity contribution in [3.63, 3.8) is 0 Å². The Morgan fingerprint density at radius 2 is 1.08 bits per heavy atom. The lowest BCUT2D eigenvalue weighted by Crippen LogP contribution is -1.87. The number of furan rings is 1. The number of benzene rings is 7. The zero-order valence-electron chi connectivity index (χ0n) is 39.1. The summed E-state index contributed by atoms with van der Waals surface area (Å²) in [5.41, 5.74) is 6.15. The summed E-state index contributed by atoms with van der Waals surface area (Å²) in [7, 11) is 0. The smallest absolute Gasteiger partial charge is 0.180 e. The minimum atomic E-state index is -0.436. The fourth-order valence-corrected chi connectivity index (χ4v) is 9.02. The van der Waals surface area contributed by atoms with Gasteiger partial charge in [-0.1, -0.05) is 121 Å². The second-order valence-electron chi connectivity index (χ2n) is 11.9. The molecular weight excluding hydrogens is 661 g/mol. The SMILES string of the molecule is [2H]c1cc(-c2cccc(-c3cccc4c3oc3c(-c5cccc(-c6c([2H])c([2H])c([2H])c7c6sc6c([2H])c([2H])c([2H])c([2H])c67)c5)ncnc34)c2)c2sc3c([2H])c([2H])c([2H])c([2H])c3c2c1[2H]. The van der Waals surface area contributed by atoms with E-state index in [0.29, 0.717) is 75.1 Å². The largest absolute Gasteiger partial charge is 0.451 e. The van der Waals surface area contributed by atoms with Crippen LogP contribution in [0.1, 0.15) is 17.8 Å². The molecule has 0 aliphatic heterocycles. The molecule has 0 unspecified atom stereocenters. The van der Waals surface area contributed by atoms with Crippen LogP contribution in [0.4, 0.5) is 0 Å². The summed E-state index contributed by atoms with van der Waals surface area (Å²) < 4.78 is 120. The van der Waals surface area contributed by atoms with Gasteiger partial charge >= 0.3 is 0 Å². The molecule has 0 aliphatic carbocycles. The van der Waals surface area contributed by atoms with Crippen LogP contribution in [-0.4, -0.2) is 9.97 Å². The van der Waals surface area contributed by atoms with Gasteiger partial charge in [-0.15, -0.1) is 22.7 Å². The van der Waals surface area contributed by atoms with Gasteiger partial charge in [0.05, 0.1) is 17.8 Å². The third-order valence-corrected chi connectivity index (χ3v) is 11.4. The summed E-state index contributed by atoms with van der Waals surface area (Å²) in [6.07, 6.45) is 1.44. The Kier molecular flexibility index (Phi) is 4.11. The number of nitrogens with zero attached hydrogens (tertiary/aromatic N) is 2. The van der Waals surface area contributed by atoms with E-state index in [-0.39, 0.29) is 81.3 Å². The lowest BCUT2D eigenvalue weighted by atomic mass is 9.97. The molecule has 51 heavy (non-hydrogen) atoms. The Hall–Kier alpha value is -6.14. The number of thiophene rings is 2. The molecular formula is C46H26N2OS2. The van der Waals surface area contributed by atoms with Gasteiger partial charge in [-0.05, 0) is 58.1 Å². The van der Waals surface area contributed by atoms with Crippen molar-refractivity contribution in [2.24, 2.45) is 0 Å². The van der Waals surface area contributed by atoms with Crippen molar-refractivity contribution in [2.75, 3.05) is 0 Å². The zero-order chi connectivity index (χ0) is 44.8. The maximum atomic E-state index is 9.03. The zero-order valence-corrected chi connectivity index (χ0v) is 27.8. The van der Waals surface area contributed by atoms with Gasteiger partial charge in [-0.2, -0.15) is 0 Å². The van der Waals surface area contributed by atoms with Gasteiger partial charge in [0.2, 0.25) is 0 Å². The van der Waals surface area contributed by atoms with E-state index in [9.17, 15) is 0 Å². The standard InChI is InChI=1S/C46H26N2OS2/c1-3-22-39-34(14-1)36-19-8-17-32(45(36)50-39)28-11-5-10-27(24-28)31-16-7-21-38-42-44(49-43(31)38)41(47-26-48-42)30-13-6-12-29(25-30)33-18-9-20-37-35-15-2-4-23-40(35)51-46(33)37/h1-26H/i1D,2D,3D,4D,8D,9D,14D,15D,18D,19D,20D,22D,23D. The van der Waals surface area contributed by atoms with Crippen LogP contribution in [0.5, 0.6) is 0 Å². The van der Waals surface area contributed by atoms with Crippen LogP contribution in [0.3, 0.4) is 0 Å². The molecule has 4 aromatic heterocycles. The maximum absolute atomic E-state index is 9.03. The fourth-order valence-electron chi connectivity index (χ4n) is 6.83. The number of aromatic nitrogens is 2. The first-order chi connectivity index (χ1) is 30.7. The average molecular weight is 700 g/mol. The van der Waals surface area contributed by atoms with Gasteiger partial charge in [0.25, 0.3) is 0 Å². The number of hydrogen-bond donors (Lipinski definition) is 0. The van der Waals surface area contributed by atoms with Crippen molar-refractivity contribution >= 4 is 85.1 Å². The highest BCUT2D eigenvalue weighted by Gasteiger charge is 2.19. The van der Waals surface area contributed by atoms with Gasteiger partial charge in [-0.3, -0.25) is 0 Å². The molecule has 0 radical (unpaired) electrons. The Morgan fingerprint density at radius 1 is 0.471 bits per heavy atom. The summed E-state index contributed by atoms with van der Waals surface area (Å²) in [4.78, 5) is 9.28. The van der Waals surface area contributed by atoms with E-state index in [1.165, 1.54) is 17.7 Å². The first-order valence-corrected chi connectivity index (χ1v) is 17.5. The second-order valence-corrected chi connectivity index (χ2v) is 14.0. The third kappa shape index (κ3) is 4.42. The predicted molar refractivity (Wildman–Crippen MR) is 217 cm³/mol. The normalized spacial score (nSPS) is 15.5. The molecule has 0 atom stereocenters. The van der Waals surface area contributed by atoms with Gasteiger partial charge in [0.1, 0.15) is 23.1 Å². The lowest BCUT2D eigenvalue weighted by Gasteiger charge is -2.08. The van der Waals surface area contributed by atoms with E-state index in [0.717, 1.165) is 22.5 Å². The molecule has 3 nitrogen and oxygen atoms in total. The highest BCUT2D eigenvalue weighted by molar-refractivity contribution is 7.26. The highest BCUT2D eigenvalue weighted by atomic mass is 32.1. The van der Waals surface area contributed by atoms with Crippen molar-refractivity contribution in [2.45, 2.75) is 0 Å². The molecule has 4 heterocycles. The van der Waals surface area contributed by atoms with E-state index in [2.05, 4.69) is 9.97 Å². The molecule has 0 amide bonds. The molecule has 0 N–H and O–H groups in total. The van der Waals surface area contributed by atoms with Crippen LogP contribution in [0.2, 0.25) is 0 Å². The minimum Gasteiger partial charge on any atom is -0.451 e. The van der Waals surface area contributed by atoms with Gasteiger partial charge in [-0.25, -0.2) is 9.97 Å². The summed E-state index contributed by atoms with van der Waals surface area (Å²) in [5.74, 6) is 0. The number of para-hydroxylation sites is 1. The Labute approximate surface area is 319 Å². The Balaban J connectivity index is 1.07. The average Bonchev–Trinajstić information content (AvgIpc) is 4.02. The summed E-state index contributed by atoms with van der Waals surface area (Å²) in [6, 6.07) is 18.5. The first kappa shape index (κ1) is 18.7. The minimum absolute atomic E-state index is 0.0789. The molecule has 0 aliphatic rings. The molecule has 11 aromatic rings. The quantitative estimate of drug-likeness (QED) is 0.184. The molecule has 0 saturated carbocycles. The van der Waals surface area contributed by atoms with E-state index >= 15 is 0 Å². The van der Waals surface area contributed by atoms with Crippen LogP contribution in [-0.2, 0) is 0 Å². The van der Waals surface area contributed by atoms with Crippen molar-refractivity contribution in [1.29, 1.82) is 0 Å². The maximum Gasteiger partial charge on any atom is 0.180 e. The summed E-state index contributed by atoms with van der Waals surface area (Å²) in [6.45, 7) is 0. The second kappa shape index (κ2) is 11.2. The molecule has 7 aromatic carbocycles. The molecule has 5 heteroatoms. The molecule has 0 bridgehead atoms. The van der Waals surface area contributed by atoms with Crippen LogP contribution in [0.15, 0.2) is 162 Å². The number of fused-ring (bicyclic) bond motifs is 9. The van der Waals surface area contributed by atoms with Gasteiger partial charge in [0.15, 0.2) is 5.58 Å². The van der Waals surface area contributed by atoms with Crippen molar-refractivity contribution < 1.29 is 22.2 Å². The van der Waals surface area contributed by atoms with Crippen LogP contribution in [0.25, 0.3) is 107 Å². The van der Waals surface area contributed by atoms with Crippen LogP contribution >= 0.6 is 22.7 Å². The van der Waals surface area contributed by atoms with Crippen LogP contribution in [0, 0.1) is 0 Å². The van der Waals surface area contributed by atoms with Gasteiger partial charge in [0, 0.05) is 56.9 Å². The predicted octanol–water partition coefficient (Wildman–Crippen LogP) is 13.8. The fraction of sp³-hybridized carbons (Fsp3) is 0. The molecule has 0 fully saturated rings. The molecule has 0 spiro atoms. The summed E-state index contributed by atoms with van der Waals surface area (Å²) in [5, 5.41) is 1.60. The topological polar surface area (TPSA) is 38.9 Å². The monoisotopic (exact) mass is 699 g/mol. The third-order valence-electron chi connectivity index (χ3n) is 9.12. The van der Waals surface area contributed by atoms with E-state index in [1.54, 1.807) is 24.3 Å². The Morgan fingerprint density at radius 3 is 1.86 bits per heavy atom. The Bertz CT molecular complexity index is 3920. The van der Waals surface area contributed by atoms with Crippen molar-refractivity contribution in [3.8, 4) is 44.6 Å². The van der Waals surface area contributed by atoms with E-state index < -0.39 is 18.1 Å². The first-order valence-electron chi connectivity index (χ1n) is 22.4. The van der Waals surface area contributed by atoms with Crippen LogP contribution < -0.4 is 0 Å². The van der Waals surface area contributed by atoms with Crippen molar-refractivity contribution in [3.05, 3.63) is 158 Å².